The zero-order valence-corrected chi connectivity index (χ0v) is 28.0. The molecule has 9 nitrogen and oxygen atoms in total. The van der Waals surface area contributed by atoms with Crippen molar-refractivity contribution in [3.63, 3.8) is 0 Å². The van der Waals surface area contributed by atoms with E-state index in [4.69, 9.17) is 9.47 Å². The number of ether oxygens (including phenoxy) is 2. The summed E-state index contributed by atoms with van der Waals surface area (Å²) in [5.74, 6) is -2.05. The third-order valence-electron chi connectivity index (χ3n) is 7.91. The Morgan fingerprint density at radius 1 is 0.854 bits per heavy atom. The second-order valence-electron chi connectivity index (χ2n) is 11.1. The van der Waals surface area contributed by atoms with E-state index in [0.717, 1.165) is 22.0 Å². The molecule has 0 saturated carbocycles. The van der Waals surface area contributed by atoms with Gasteiger partial charge in [-0.2, -0.15) is 0 Å². The van der Waals surface area contributed by atoms with Crippen molar-refractivity contribution >= 4 is 27.5 Å². The summed E-state index contributed by atoms with van der Waals surface area (Å²) in [5, 5.41) is 2.93. The molecule has 0 saturated heterocycles. The number of hydrogen-bond donors (Lipinski definition) is 1. The van der Waals surface area contributed by atoms with E-state index in [1.165, 1.54) is 67.7 Å². The van der Waals surface area contributed by atoms with Crippen molar-refractivity contribution in [1.29, 1.82) is 0 Å². The van der Waals surface area contributed by atoms with Crippen molar-refractivity contribution in [3.8, 4) is 11.5 Å². The monoisotopic (exact) mass is 679 g/mol. The van der Waals surface area contributed by atoms with Crippen LogP contribution >= 0.6 is 0 Å². The quantitative estimate of drug-likeness (QED) is 0.172. The van der Waals surface area contributed by atoms with E-state index in [9.17, 15) is 22.4 Å². The van der Waals surface area contributed by atoms with Crippen LogP contribution in [0.25, 0.3) is 0 Å². The topological polar surface area (TPSA) is 105 Å². The molecule has 0 spiro atoms. The fourth-order valence-electron chi connectivity index (χ4n) is 5.05. The van der Waals surface area contributed by atoms with Crippen molar-refractivity contribution in [3.05, 3.63) is 120 Å². The largest absolute Gasteiger partial charge is 0.493 e. The van der Waals surface area contributed by atoms with E-state index in [2.05, 4.69) is 5.32 Å². The van der Waals surface area contributed by atoms with E-state index in [1.54, 1.807) is 18.2 Å². The maximum Gasteiger partial charge on any atom is 0.264 e. The lowest BCUT2D eigenvalue weighted by molar-refractivity contribution is -0.140. The van der Waals surface area contributed by atoms with Gasteiger partial charge in [-0.3, -0.25) is 13.9 Å². The number of sulfonamides is 1. The molecule has 0 heterocycles. The Morgan fingerprint density at radius 2 is 1.50 bits per heavy atom. The zero-order valence-electron chi connectivity index (χ0n) is 27.2. The van der Waals surface area contributed by atoms with Gasteiger partial charge in [0, 0.05) is 30.6 Å². The van der Waals surface area contributed by atoms with Gasteiger partial charge in [0.05, 0.1) is 24.8 Å². The Balaban J connectivity index is 1.84. The molecule has 4 rings (SSSR count). The van der Waals surface area contributed by atoms with Gasteiger partial charge in [0.25, 0.3) is 10.0 Å². The molecule has 0 aliphatic heterocycles. The molecule has 0 aromatic heterocycles. The van der Waals surface area contributed by atoms with Gasteiger partial charge in [-0.05, 0) is 61.4 Å². The van der Waals surface area contributed by atoms with Crippen LogP contribution in [0.5, 0.6) is 11.5 Å². The van der Waals surface area contributed by atoms with Crippen LogP contribution in [0.2, 0.25) is 0 Å². The standard InChI is InChI=1S/C36H39F2N3O6S/c1-5-25(2)39-36(43)32(21-26-11-7-6-8-12-26)40(23-27-13-9-10-14-31(27)38)35(42)24-41(29-17-15-28(37)16-18-29)48(44,45)30-19-20-33(46-3)34(22-30)47-4/h6-20,22,25,32H,5,21,23-24H2,1-4H3,(H,39,43)/t25-,32-/m0/s1. The highest BCUT2D eigenvalue weighted by atomic mass is 32.2. The lowest BCUT2D eigenvalue weighted by atomic mass is 10.0. The number of carbonyl (C=O) groups excluding carboxylic acids is 2. The Kier molecular flexibility index (Phi) is 12.1. The van der Waals surface area contributed by atoms with Crippen LogP contribution in [0, 0.1) is 11.6 Å². The molecule has 0 unspecified atom stereocenters. The number of benzene rings is 4. The first kappa shape index (κ1) is 35.9. The molecule has 0 radical (unpaired) electrons. The zero-order chi connectivity index (χ0) is 34.8. The first-order valence-electron chi connectivity index (χ1n) is 15.4. The lowest BCUT2D eigenvalue weighted by Crippen LogP contribution is -2.54. The third kappa shape index (κ3) is 8.68. The maximum absolute atomic E-state index is 15.1. The van der Waals surface area contributed by atoms with Gasteiger partial charge in [0.15, 0.2) is 11.5 Å². The number of nitrogens with zero attached hydrogens (tertiary/aromatic N) is 2. The Morgan fingerprint density at radius 3 is 2.12 bits per heavy atom. The summed E-state index contributed by atoms with van der Waals surface area (Å²) in [6, 6.07) is 22.1. The summed E-state index contributed by atoms with van der Waals surface area (Å²) in [4.78, 5) is 29.4. The molecule has 2 atom stereocenters. The second-order valence-corrected chi connectivity index (χ2v) is 13.0. The van der Waals surface area contributed by atoms with Gasteiger partial charge in [0.1, 0.15) is 24.2 Å². The van der Waals surface area contributed by atoms with Crippen molar-refractivity contribution in [2.45, 2.75) is 50.2 Å². The molecule has 12 heteroatoms. The van der Waals surface area contributed by atoms with E-state index in [1.807, 2.05) is 32.0 Å². The summed E-state index contributed by atoms with van der Waals surface area (Å²) in [5.41, 5.74) is 0.867. The predicted octanol–water partition coefficient (Wildman–Crippen LogP) is 5.73. The van der Waals surface area contributed by atoms with Gasteiger partial charge >= 0.3 is 0 Å². The molecule has 48 heavy (non-hydrogen) atoms. The van der Waals surface area contributed by atoms with E-state index in [-0.39, 0.29) is 46.7 Å². The van der Waals surface area contributed by atoms with Crippen molar-refractivity contribution in [2.75, 3.05) is 25.1 Å². The first-order chi connectivity index (χ1) is 23.0. The van der Waals surface area contributed by atoms with Crippen LogP contribution in [0.1, 0.15) is 31.4 Å². The maximum atomic E-state index is 15.1. The number of hydrogen-bond acceptors (Lipinski definition) is 6. The normalized spacial score (nSPS) is 12.5. The highest BCUT2D eigenvalue weighted by Gasteiger charge is 2.35. The number of carbonyl (C=O) groups is 2. The minimum atomic E-state index is -4.51. The van der Waals surface area contributed by atoms with Crippen LogP contribution in [-0.4, -0.2) is 58.0 Å². The average molecular weight is 680 g/mol. The molecular formula is C36H39F2N3O6S. The van der Waals surface area contributed by atoms with Crippen LogP contribution in [0.4, 0.5) is 14.5 Å². The smallest absolute Gasteiger partial charge is 0.264 e. The summed E-state index contributed by atoms with van der Waals surface area (Å²) < 4.78 is 69.0. The molecule has 1 N–H and O–H groups in total. The highest BCUT2D eigenvalue weighted by Crippen LogP contribution is 2.32. The second kappa shape index (κ2) is 16.2. The first-order valence-corrected chi connectivity index (χ1v) is 16.8. The van der Waals surface area contributed by atoms with Crippen molar-refractivity contribution < 1.29 is 36.3 Å². The third-order valence-corrected chi connectivity index (χ3v) is 9.68. The summed E-state index contributed by atoms with van der Waals surface area (Å²) in [7, 11) is -1.75. The Labute approximate surface area is 280 Å². The average Bonchev–Trinajstić information content (AvgIpc) is 3.09. The minimum Gasteiger partial charge on any atom is -0.493 e. The van der Waals surface area contributed by atoms with Crippen molar-refractivity contribution in [1.82, 2.24) is 10.2 Å². The minimum absolute atomic E-state index is 0.00552. The SMILES string of the molecule is CC[C@H](C)NC(=O)[C@H](Cc1ccccc1)N(Cc1ccccc1F)C(=O)CN(c1ccc(F)cc1)S(=O)(=O)c1ccc(OC)c(OC)c1. The molecule has 0 fully saturated rings. The molecular weight excluding hydrogens is 640 g/mol. The fraction of sp³-hybridized carbons (Fsp3) is 0.278. The molecule has 0 aliphatic rings. The number of rotatable bonds is 15. The Hall–Kier alpha value is -4.97. The van der Waals surface area contributed by atoms with Gasteiger partial charge in [-0.1, -0.05) is 55.5 Å². The summed E-state index contributed by atoms with van der Waals surface area (Å²) in [6.45, 7) is 2.61. The number of halogens is 2. The lowest BCUT2D eigenvalue weighted by Gasteiger charge is -2.34. The fourth-order valence-corrected chi connectivity index (χ4v) is 6.48. The number of anilines is 1. The van der Waals surface area contributed by atoms with Crippen LogP contribution < -0.4 is 19.1 Å². The number of nitrogens with one attached hydrogen (secondary N) is 1. The van der Waals surface area contributed by atoms with Gasteiger partial charge in [-0.25, -0.2) is 17.2 Å². The predicted molar refractivity (Wildman–Crippen MR) is 179 cm³/mol. The van der Waals surface area contributed by atoms with Crippen LogP contribution in [0.3, 0.4) is 0 Å². The van der Waals surface area contributed by atoms with E-state index in [0.29, 0.717) is 6.42 Å². The van der Waals surface area contributed by atoms with Gasteiger partial charge in [0.2, 0.25) is 11.8 Å². The molecule has 2 amide bonds. The molecule has 254 valence electrons. The van der Waals surface area contributed by atoms with Crippen LogP contribution in [-0.2, 0) is 32.6 Å². The molecule has 4 aromatic carbocycles. The molecule has 0 bridgehead atoms. The number of methoxy groups -OCH3 is 2. The van der Waals surface area contributed by atoms with Crippen molar-refractivity contribution in [2.24, 2.45) is 0 Å². The van der Waals surface area contributed by atoms with E-state index < -0.39 is 46.1 Å². The molecule has 4 aromatic rings. The van der Waals surface area contributed by atoms with Gasteiger partial charge in [-0.15, -0.1) is 0 Å². The van der Waals surface area contributed by atoms with Gasteiger partial charge < -0.3 is 19.7 Å². The summed E-state index contributed by atoms with van der Waals surface area (Å²) >= 11 is 0. The van der Waals surface area contributed by atoms with E-state index >= 15 is 4.39 Å². The molecule has 0 aliphatic carbocycles. The highest BCUT2D eigenvalue weighted by molar-refractivity contribution is 7.92. The Bertz CT molecular complexity index is 1810. The summed E-state index contributed by atoms with van der Waals surface area (Å²) in [6.07, 6.45) is 0.690. The van der Waals surface area contributed by atoms with Crippen LogP contribution in [0.15, 0.2) is 102 Å². The number of amides is 2.